The Morgan fingerprint density at radius 3 is 0.971 bits per heavy atom. The summed E-state index contributed by atoms with van der Waals surface area (Å²) >= 11 is 0. The molecule has 0 unspecified atom stereocenters. The normalized spacial score (nSPS) is 13.1. The van der Waals surface area contributed by atoms with Gasteiger partial charge in [-0.2, -0.15) is 0 Å². The van der Waals surface area contributed by atoms with Crippen LogP contribution in [0.4, 0.5) is 0 Å². The van der Waals surface area contributed by atoms with Gasteiger partial charge in [0, 0.05) is 21.8 Å². The van der Waals surface area contributed by atoms with Crippen molar-refractivity contribution in [2.24, 2.45) is 11.5 Å². The second-order valence-electron chi connectivity index (χ2n) is 15.4. The standard InChI is InChI=1S/C60H50N2.2C2H6.C2H4/c1-5-51(44-22-10-7-11-23-44)55-30-18-16-28-53(55)41(3)48-38-49(42(4)54-29-17-19-31-56(54)52(6-2)45-24-12-8-13-25-45)40-50(39-48)43-34-36-47(37-35-43)60(62)58-33-21-20-32-57(58)59(61)46-26-14-9-15-27-46;3*1-2/h5-40H,1-2,61-62H2,3-4H3;2*1-2H3;1-2H2/b53-41+,54-42+,55-51+,56-52+,59-57-,60-58-;;;. The molecule has 0 aliphatic rings. The van der Waals surface area contributed by atoms with E-state index in [1.54, 1.807) is 0 Å². The molecular weight excluding hydrogens is 821 g/mol. The fourth-order valence-corrected chi connectivity index (χ4v) is 8.35. The lowest BCUT2D eigenvalue weighted by Crippen LogP contribution is -2.34. The van der Waals surface area contributed by atoms with Gasteiger partial charge in [-0.15, -0.1) is 13.2 Å². The molecule has 2 heteroatoms. The van der Waals surface area contributed by atoms with E-state index >= 15 is 0 Å². The van der Waals surface area contributed by atoms with Gasteiger partial charge >= 0.3 is 0 Å². The third-order valence-corrected chi connectivity index (χ3v) is 11.7. The Hall–Kier alpha value is -8.20. The van der Waals surface area contributed by atoms with Crippen molar-refractivity contribution in [1.29, 1.82) is 0 Å². The number of allylic oxidation sites excluding steroid dienone is 2. The maximum Gasteiger partial charge on any atom is 0.0468 e. The molecule has 0 bridgehead atoms. The number of hydrogen-bond donors (Lipinski definition) is 2. The first-order chi connectivity index (χ1) is 33.4. The Kier molecular flexibility index (Phi) is 19.0. The molecule has 8 aromatic carbocycles. The average Bonchev–Trinajstić information content (AvgIpc) is 3.43. The third kappa shape index (κ3) is 11.6. The van der Waals surface area contributed by atoms with Crippen LogP contribution in [0.3, 0.4) is 0 Å². The molecule has 0 fully saturated rings. The van der Waals surface area contributed by atoms with Crippen LogP contribution in [0.2, 0.25) is 0 Å². The lowest BCUT2D eigenvalue weighted by Gasteiger charge is -2.14. The fraction of sp³-hybridized carbons (Fsp3) is 0.0909. The molecule has 2 nitrogen and oxygen atoms in total. The van der Waals surface area contributed by atoms with Gasteiger partial charge in [0.25, 0.3) is 0 Å². The van der Waals surface area contributed by atoms with Gasteiger partial charge in [0.1, 0.15) is 0 Å². The molecule has 0 amide bonds. The van der Waals surface area contributed by atoms with Gasteiger partial charge in [0.05, 0.1) is 0 Å². The number of benzene rings is 8. The first-order valence-electron chi connectivity index (χ1n) is 23.5. The lowest BCUT2D eigenvalue weighted by molar-refractivity contribution is 1.36. The van der Waals surface area contributed by atoms with Gasteiger partial charge in [0.15, 0.2) is 0 Å². The Bertz CT molecular complexity index is 3200. The zero-order valence-corrected chi connectivity index (χ0v) is 40.8. The molecule has 0 aliphatic heterocycles. The van der Waals surface area contributed by atoms with Crippen LogP contribution in [0.15, 0.2) is 245 Å². The van der Waals surface area contributed by atoms with Gasteiger partial charge in [-0.25, -0.2) is 0 Å². The van der Waals surface area contributed by atoms with E-state index in [-0.39, 0.29) is 0 Å². The molecule has 68 heavy (non-hydrogen) atoms. The van der Waals surface area contributed by atoms with E-state index in [2.05, 4.69) is 180 Å². The third-order valence-electron chi connectivity index (χ3n) is 11.7. The van der Waals surface area contributed by atoms with Crippen LogP contribution in [0.5, 0.6) is 0 Å². The highest BCUT2D eigenvalue weighted by atomic mass is 14.6. The zero-order chi connectivity index (χ0) is 49.0. The Morgan fingerprint density at radius 1 is 0.324 bits per heavy atom. The summed E-state index contributed by atoms with van der Waals surface area (Å²) in [5, 5.41) is 6.39. The van der Waals surface area contributed by atoms with Crippen LogP contribution in [0, 0.1) is 0 Å². The number of rotatable bonds is 9. The van der Waals surface area contributed by atoms with Crippen molar-refractivity contribution in [3.05, 3.63) is 309 Å². The maximum atomic E-state index is 6.99. The van der Waals surface area contributed by atoms with Gasteiger partial charge < -0.3 is 11.5 Å². The van der Waals surface area contributed by atoms with Crippen molar-refractivity contribution in [3.63, 3.8) is 0 Å². The van der Waals surface area contributed by atoms with Crippen molar-refractivity contribution in [2.45, 2.75) is 41.5 Å². The van der Waals surface area contributed by atoms with E-state index in [1.807, 2.05) is 107 Å². The van der Waals surface area contributed by atoms with E-state index < -0.39 is 0 Å². The van der Waals surface area contributed by atoms with Crippen molar-refractivity contribution < 1.29 is 0 Å². The Balaban J connectivity index is 0.00000139. The molecule has 0 heterocycles. The molecule has 4 N–H and O–H groups in total. The van der Waals surface area contributed by atoms with Gasteiger partial charge in [-0.05, 0) is 120 Å². The quantitative estimate of drug-likeness (QED) is 0.142. The summed E-state index contributed by atoms with van der Waals surface area (Å²) in [5.74, 6) is 0. The summed E-state index contributed by atoms with van der Waals surface area (Å²) in [6.07, 6.45) is 3.94. The molecule has 0 aromatic heterocycles. The predicted octanol–water partition coefficient (Wildman–Crippen LogP) is 11.6. The van der Waals surface area contributed by atoms with Crippen LogP contribution >= 0.6 is 0 Å². The maximum absolute atomic E-state index is 6.99. The minimum Gasteiger partial charge on any atom is -0.398 e. The molecule has 340 valence electrons. The van der Waals surface area contributed by atoms with Crippen molar-refractivity contribution in [3.8, 4) is 11.1 Å². The minimum absolute atomic E-state index is 0.669. The van der Waals surface area contributed by atoms with Crippen LogP contribution in [0.25, 0.3) is 44.8 Å². The molecule has 0 aliphatic carbocycles. The van der Waals surface area contributed by atoms with E-state index in [4.69, 9.17) is 11.5 Å². The fourth-order valence-electron chi connectivity index (χ4n) is 8.35. The Morgan fingerprint density at radius 2 is 0.618 bits per heavy atom. The zero-order valence-electron chi connectivity index (χ0n) is 40.8. The van der Waals surface area contributed by atoms with E-state index in [0.29, 0.717) is 11.4 Å². The second kappa shape index (κ2) is 25.5. The molecular formula is C66H66N2. The highest BCUT2D eigenvalue weighted by Gasteiger charge is 2.12. The molecule has 0 saturated heterocycles. The summed E-state index contributed by atoms with van der Waals surface area (Å²) in [4.78, 5) is 0. The van der Waals surface area contributed by atoms with Crippen molar-refractivity contribution in [2.75, 3.05) is 0 Å². The van der Waals surface area contributed by atoms with E-state index in [1.165, 1.54) is 11.1 Å². The summed E-state index contributed by atoms with van der Waals surface area (Å²) < 4.78 is 0. The molecule has 0 atom stereocenters. The van der Waals surface area contributed by atoms with Gasteiger partial charge in [0.2, 0.25) is 0 Å². The van der Waals surface area contributed by atoms with Crippen LogP contribution in [0.1, 0.15) is 74.9 Å². The summed E-state index contributed by atoms with van der Waals surface area (Å²) in [5.41, 5.74) is 28.2. The number of nitrogens with two attached hydrogens (primary N) is 2. The monoisotopic (exact) mass is 887 g/mol. The van der Waals surface area contributed by atoms with Gasteiger partial charge in [-0.1, -0.05) is 241 Å². The largest absolute Gasteiger partial charge is 0.398 e. The SMILES string of the molecule is C=C.C=C/C(c1ccccc1)=c1/cccc/c1=C(/C)c1cc(/C(C)=c2\cccc\c2=C(\C=C)c2ccccc2)cc(-c2ccc(/C(N)=c3\cccc\c3=C(\N)c3ccccc3)cc2)c1.CC.CC. The van der Waals surface area contributed by atoms with Crippen molar-refractivity contribution in [1.82, 2.24) is 0 Å². The summed E-state index contributed by atoms with van der Waals surface area (Å²) in [7, 11) is 0. The molecule has 0 spiro atoms. The first-order valence-corrected chi connectivity index (χ1v) is 23.5. The van der Waals surface area contributed by atoms with E-state index in [9.17, 15) is 0 Å². The minimum atomic E-state index is 0.669. The molecule has 0 radical (unpaired) electrons. The average molecular weight is 887 g/mol. The van der Waals surface area contributed by atoms with Crippen LogP contribution < -0.4 is 42.8 Å². The van der Waals surface area contributed by atoms with Gasteiger partial charge in [-0.3, -0.25) is 0 Å². The second-order valence-corrected chi connectivity index (χ2v) is 15.4. The Labute approximate surface area is 405 Å². The van der Waals surface area contributed by atoms with Crippen molar-refractivity contribution >= 4 is 33.7 Å². The van der Waals surface area contributed by atoms with Crippen LogP contribution in [-0.2, 0) is 0 Å². The smallest absolute Gasteiger partial charge is 0.0468 e. The molecule has 8 rings (SSSR count). The highest BCUT2D eigenvalue weighted by Crippen LogP contribution is 2.29. The topological polar surface area (TPSA) is 52.0 Å². The predicted molar refractivity (Wildman–Crippen MR) is 297 cm³/mol. The lowest BCUT2D eigenvalue weighted by atomic mass is 9.90. The van der Waals surface area contributed by atoms with Crippen LogP contribution in [-0.4, -0.2) is 0 Å². The first kappa shape index (κ1) is 50.8. The summed E-state index contributed by atoms with van der Waals surface area (Å²) in [6, 6.07) is 71.8. The highest BCUT2D eigenvalue weighted by molar-refractivity contribution is 5.81. The number of hydrogen-bond acceptors (Lipinski definition) is 2. The molecule has 8 aromatic rings. The van der Waals surface area contributed by atoms with E-state index in [0.717, 1.165) is 87.0 Å². The summed E-state index contributed by atoms with van der Waals surface area (Å²) in [6.45, 7) is 27.0. The molecule has 0 saturated carbocycles.